The Morgan fingerprint density at radius 1 is 1.30 bits per heavy atom. The molecule has 3 heterocycles. The number of aryl methyl sites for hydroxylation is 1. The van der Waals surface area contributed by atoms with Gasteiger partial charge in [0.2, 0.25) is 16.0 Å². The molecule has 1 aromatic carbocycles. The van der Waals surface area contributed by atoms with Crippen molar-refractivity contribution in [2.45, 2.75) is 48.5 Å². The van der Waals surface area contributed by atoms with Crippen molar-refractivity contribution in [3.8, 4) is 0 Å². The maximum absolute atomic E-state index is 13.8. The Balaban J connectivity index is 1.66. The average molecular weight is 527 g/mol. The van der Waals surface area contributed by atoms with Crippen LogP contribution in [0.2, 0.25) is 0 Å². The molecule has 0 unspecified atom stereocenters. The highest BCUT2D eigenvalue weighted by Crippen LogP contribution is 2.43. The predicted molar refractivity (Wildman–Crippen MR) is 129 cm³/mol. The van der Waals surface area contributed by atoms with E-state index in [9.17, 15) is 13.2 Å². The minimum absolute atomic E-state index is 0.0113. The number of nitrogens with one attached hydrogen (secondary N) is 1. The number of rotatable bonds is 5. The number of halogens is 1. The third kappa shape index (κ3) is 3.55. The summed E-state index contributed by atoms with van der Waals surface area (Å²) in [4.78, 5) is 21.4. The number of carbonyl (C=O) groups is 1. The van der Waals surface area contributed by atoms with Crippen molar-refractivity contribution in [2.75, 3.05) is 11.4 Å². The molecule has 9 nitrogen and oxygen atoms in total. The van der Waals surface area contributed by atoms with Gasteiger partial charge < -0.3 is 4.90 Å². The number of guanidine groups is 1. The van der Waals surface area contributed by atoms with Crippen LogP contribution in [-0.4, -0.2) is 68.8 Å². The fourth-order valence-electron chi connectivity index (χ4n) is 4.18. The lowest BCUT2D eigenvalue weighted by molar-refractivity contribution is 0.0808. The van der Waals surface area contributed by atoms with Gasteiger partial charge in [-0.2, -0.15) is 5.10 Å². The molecule has 3 aliphatic rings. The summed E-state index contributed by atoms with van der Waals surface area (Å²) in [5, 5.41) is 2.36. The van der Waals surface area contributed by atoms with Crippen molar-refractivity contribution in [1.29, 1.82) is 0 Å². The number of hydrogen-bond acceptors (Lipinski definition) is 6. The summed E-state index contributed by atoms with van der Waals surface area (Å²) < 4.78 is 30.9. The highest BCUT2D eigenvalue weighted by atomic mass is 79.9. The Morgan fingerprint density at radius 2 is 2.00 bits per heavy atom. The number of fused-ring (bicyclic) bond motifs is 3. The van der Waals surface area contributed by atoms with Crippen molar-refractivity contribution in [1.82, 2.24) is 19.4 Å². The number of carbonyl (C=O) groups excluding carboxylic acids is 1. The molecule has 1 aromatic heterocycles. The summed E-state index contributed by atoms with van der Waals surface area (Å²) in [5.74, 6) is -0.230. The molecule has 13 heteroatoms. The molecule has 1 aliphatic carbocycles. The molecule has 0 saturated heterocycles. The highest BCUT2D eigenvalue weighted by molar-refractivity contribution is 9.10. The monoisotopic (exact) mass is 526 g/mol. The fraction of sp³-hybridized carbons (Fsp3) is 0.450. The van der Waals surface area contributed by atoms with Gasteiger partial charge >= 0.3 is 0 Å². The van der Waals surface area contributed by atoms with Crippen LogP contribution in [0.3, 0.4) is 0 Å². The minimum Gasteiger partial charge on any atom is -0.306 e. The average Bonchev–Trinajstić information content (AvgIpc) is 3.08. The summed E-state index contributed by atoms with van der Waals surface area (Å²) in [6, 6.07) is 2.80. The quantitative estimate of drug-likeness (QED) is 0.590. The van der Waals surface area contributed by atoms with Gasteiger partial charge in [-0.15, -0.1) is 0 Å². The van der Waals surface area contributed by atoms with Gasteiger partial charge in [0.25, 0.3) is 5.91 Å². The van der Waals surface area contributed by atoms with Crippen molar-refractivity contribution >= 4 is 59.2 Å². The first-order valence-corrected chi connectivity index (χ1v) is 12.7. The van der Waals surface area contributed by atoms with Crippen LogP contribution in [0.25, 0.3) is 0 Å². The maximum atomic E-state index is 13.8. The Kier molecular flexibility index (Phi) is 4.94. The van der Waals surface area contributed by atoms with Crippen LogP contribution in [0.15, 0.2) is 38.9 Å². The first-order valence-electron chi connectivity index (χ1n) is 10.5. The predicted octanol–water partition coefficient (Wildman–Crippen LogP) is 1.18. The first-order chi connectivity index (χ1) is 15.3. The molecule has 4 radical (unpaired) electrons. The molecule has 1 atom stereocenters. The number of aliphatic imine (C=N–C) groups is 1. The van der Waals surface area contributed by atoms with Gasteiger partial charge in [-0.05, 0) is 60.3 Å². The van der Waals surface area contributed by atoms with Crippen molar-refractivity contribution < 1.29 is 13.2 Å². The molecule has 1 saturated carbocycles. The van der Waals surface area contributed by atoms with E-state index in [0.29, 0.717) is 28.2 Å². The smallest absolute Gasteiger partial charge is 0.262 e. The van der Waals surface area contributed by atoms with Crippen LogP contribution in [0.1, 0.15) is 42.6 Å². The van der Waals surface area contributed by atoms with E-state index in [2.05, 4.69) is 30.7 Å². The molecular formula is C20H21B2BrN6O3S. The van der Waals surface area contributed by atoms with Gasteiger partial charge in [0.15, 0.2) is 0 Å². The lowest BCUT2D eigenvalue weighted by Gasteiger charge is -2.46. The van der Waals surface area contributed by atoms with E-state index in [1.54, 1.807) is 13.2 Å². The van der Waals surface area contributed by atoms with E-state index in [0.717, 1.165) is 12.8 Å². The summed E-state index contributed by atoms with van der Waals surface area (Å²) in [5.41, 5.74) is 0.668. The summed E-state index contributed by atoms with van der Waals surface area (Å²) in [6.45, 7) is 4.23. The topological polar surface area (TPSA) is 99.9 Å². The summed E-state index contributed by atoms with van der Waals surface area (Å²) >= 11 is 3.50. The summed E-state index contributed by atoms with van der Waals surface area (Å²) in [6.07, 6.45) is 4.65. The molecule has 2 aliphatic heterocycles. The molecule has 33 heavy (non-hydrogen) atoms. The zero-order valence-electron chi connectivity index (χ0n) is 18.4. The molecule has 168 valence electrons. The van der Waals surface area contributed by atoms with Crippen LogP contribution in [0.4, 0.5) is 5.69 Å². The van der Waals surface area contributed by atoms with Crippen molar-refractivity contribution in [2.24, 2.45) is 12.0 Å². The van der Waals surface area contributed by atoms with Crippen LogP contribution in [-0.2, 0) is 22.4 Å². The molecule has 2 aromatic rings. The number of benzene rings is 1. The normalized spacial score (nSPS) is 21.6. The first kappa shape index (κ1) is 22.7. The van der Waals surface area contributed by atoms with Crippen LogP contribution < -0.4 is 9.62 Å². The van der Waals surface area contributed by atoms with Gasteiger partial charge in [-0.3, -0.25) is 19.4 Å². The van der Waals surface area contributed by atoms with Crippen LogP contribution in [0.5, 0.6) is 0 Å². The lowest BCUT2D eigenvalue weighted by atomic mass is 9.57. The molecule has 1 amide bonds. The van der Waals surface area contributed by atoms with Gasteiger partial charge in [0.1, 0.15) is 0 Å². The maximum Gasteiger partial charge on any atom is 0.262 e. The summed E-state index contributed by atoms with van der Waals surface area (Å²) in [7, 11) is 10.9. The van der Waals surface area contributed by atoms with E-state index < -0.39 is 26.8 Å². The van der Waals surface area contributed by atoms with E-state index >= 15 is 0 Å². The Bertz CT molecular complexity index is 1320. The minimum atomic E-state index is -3.85. The Labute approximate surface area is 203 Å². The lowest BCUT2D eigenvalue weighted by Crippen LogP contribution is -2.61. The number of sulfonamides is 1. The zero-order chi connectivity index (χ0) is 23.9. The van der Waals surface area contributed by atoms with E-state index in [-0.39, 0.29) is 16.5 Å². The number of hydrogen-bond donors (Lipinski definition) is 1. The van der Waals surface area contributed by atoms with Crippen LogP contribution in [0, 0.1) is 0 Å². The third-order valence-electron chi connectivity index (χ3n) is 6.29. The van der Waals surface area contributed by atoms with Gasteiger partial charge in [0.05, 0.1) is 50.6 Å². The molecule has 1 fully saturated rings. The Hall–Kier alpha value is -2.11. The second kappa shape index (κ2) is 7.19. The van der Waals surface area contributed by atoms with E-state index in [4.69, 9.17) is 15.7 Å². The molecule has 1 N–H and O–H groups in total. The molecule has 0 bridgehead atoms. The highest BCUT2D eigenvalue weighted by Gasteiger charge is 2.48. The number of aromatic nitrogens is 2. The van der Waals surface area contributed by atoms with E-state index in [1.807, 2.05) is 18.7 Å². The second-order valence-corrected chi connectivity index (χ2v) is 11.7. The molecule has 5 rings (SSSR count). The number of amides is 1. The van der Waals surface area contributed by atoms with Gasteiger partial charge in [0, 0.05) is 28.6 Å². The third-order valence-corrected chi connectivity index (χ3v) is 8.52. The number of nitrogens with zero attached hydrogens (tertiary/aromatic N) is 5. The largest absolute Gasteiger partial charge is 0.306 e. The fourth-order valence-corrected chi connectivity index (χ4v) is 6.50. The number of anilines is 1. The zero-order valence-corrected chi connectivity index (χ0v) is 20.8. The molecular weight excluding hydrogens is 506 g/mol. The standard InChI is InChI=1S/C20H21B2BrN6O3S/c1-11-8-24-18-28(11)16-14(17(30)29(18)20(21,22)12-9-25-27(3)10-12)6-13(7-15(16)23)33(31,32)26-19(2)4-5-19/h6-7,9-11,26H,4-5,8H2,1-3H3/t11-/m1/s1. The molecule has 0 spiro atoms. The van der Waals surface area contributed by atoms with E-state index in [1.165, 1.54) is 27.9 Å². The Morgan fingerprint density at radius 3 is 2.61 bits per heavy atom. The SMILES string of the molecule is [B]C([B])(c1cnn(C)c1)N1C(=O)c2cc(S(=O)(=O)NC3(C)CC3)cc(Br)c2N2C1=NC[C@H]2C. The van der Waals surface area contributed by atoms with Crippen molar-refractivity contribution in [3.63, 3.8) is 0 Å². The van der Waals surface area contributed by atoms with Crippen LogP contribution >= 0.6 is 15.9 Å². The van der Waals surface area contributed by atoms with Gasteiger partial charge in [-0.25, -0.2) is 13.1 Å². The second-order valence-electron chi connectivity index (χ2n) is 9.20. The van der Waals surface area contributed by atoms with Gasteiger partial charge in [-0.1, -0.05) is 0 Å². The van der Waals surface area contributed by atoms with Crippen molar-refractivity contribution in [3.05, 3.63) is 40.1 Å².